The minimum absolute atomic E-state index is 0.0351. The maximum Gasteiger partial charge on any atom is 0.305 e. The molecule has 0 aromatic heterocycles. The average Bonchev–Trinajstić information content (AvgIpc) is 3.29. The minimum Gasteiger partial charge on any atom is -0.466 e. The van der Waals surface area contributed by atoms with Gasteiger partial charge in [-0.25, -0.2) is 0 Å². The van der Waals surface area contributed by atoms with E-state index in [0.717, 1.165) is 70.6 Å². The Balaban J connectivity index is 3.54. The number of aliphatic hydroxyl groups excluding tert-OH is 2. The molecular weight excluding hydrogens is 791 g/mol. The van der Waals surface area contributed by atoms with Gasteiger partial charge in [0, 0.05) is 12.8 Å². The summed E-state index contributed by atoms with van der Waals surface area (Å²) < 4.78 is 5.44. The summed E-state index contributed by atoms with van der Waals surface area (Å²) in [6.07, 6.45) is 64.9. The standard InChI is InChI=1S/C58H111NO5/c1-3-5-7-9-11-13-15-17-19-20-21-22-23-24-25-26-27-28-29-31-34-38-42-46-50-56(61)55(54-60)59-57(62)51-47-43-39-35-33-37-41-45-49-53-64-58(63)52-48-44-40-36-32-30-18-16-14-12-10-8-6-4-2/h35,39,46,50,55-56,60-61H,3-34,36-38,40-45,47-49,51-54H2,1-2H3,(H,59,62)/b39-35-,50-46+. The number of ether oxygens (including phenoxy) is 1. The lowest BCUT2D eigenvalue weighted by Crippen LogP contribution is -2.45. The van der Waals surface area contributed by atoms with Crippen LogP contribution in [-0.2, 0) is 14.3 Å². The fourth-order valence-electron chi connectivity index (χ4n) is 8.81. The number of hydrogen-bond acceptors (Lipinski definition) is 5. The number of unbranched alkanes of at least 4 members (excludes halogenated alkanes) is 40. The molecule has 0 aromatic carbocycles. The highest BCUT2D eigenvalue weighted by Gasteiger charge is 2.18. The number of amides is 1. The summed E-state index contributed by atoms with van der Waals surface area (Å²) in [5, 5.41) is 23.1. The quantitative estimate of drug-likeness (QED) is 0.0321. The molecular formula is C58H111NO5. The van der Waals surface area contributed by atoms with Gasteiger partial charge in [0.1, 0.15) is 0 Å². The van der Waals surface area contributed by atoms with Crippen molar-refractivity contribution in [1.29, 1.82) is 0 Å². The van der Waals surface area contributed by atoms with Crippen molar-refractivity contribution >= 4 is 11.9 Å². The van der Waals surface area contributed by atoms with Gasteiger partial charge in [-0.15, -0.1) is 0 Å². The molecule has 0 radical (unpaired) electrons. The maximum atomic E-state index is 12.4. The highest BCUT2D eigenvalue weighted by atomic mass is 16.5. The zero-order chi connectivity index (χ0) is 46.5. The van der Waals surface area contributed by atoms with Crippen molar-refractivity contribution < 1.29 is 24.5 Å². The summed E-state index contributed by atoms with van der Waals surface area (Å²) in [7, 11) is 0. The number of allylic oxidation sites excluding steroid dienone is 3. The van der Waals surface area contributed by atoms with Crippen molar-refractivity contribution in [3.8, 4) is 0 Å². The Hall–Kier alpha value is -1.66. The molecule has 3 N–H and O–H groups in total. The first-order valence-electron chi connectivity index (χ1n) is 28.6. The molecule has 0 fully saturated rings. The molecule has 2 atom stereocenters. The first-order chi connectivity index (χ1) is 31.5. The smallest absolute Gasteiger partial charge is 0.305 e. The van der Waals surface area contributed by atoms with Gasteiger partial charge in [-0.2, -0.15) is 0 Å². The first-order valence-corrected chi connectivity index (χ1v) is 28.6. The molecule has 0 heterocycles. The Labute approximate surface area is 399 Å². The van der Waals surface area contributed by atoms with Crippen LogP contribution < -0.4 is 5.32 Å². The largest absolute Gasteiger partial charge is 0.466 e. The molecule has 1 amide bonds. The fraction of sp³-hybridized carbons (Fsp3) is 0.897. The van der Waals surface area contributed by atoms with E-state index < -0.39 is 12.1 Å². The Morgan fingerprint density at radius 1 is 0.422 bits per heavy atom. The van der Waals surface area contributed by atoms with Crippen LogP contribution in [0.15, 0.2) is 24.3 Å². The Bertz CT molecular complexity index is 997. The van der Waals surface area contributed by atoms with E-state index in [2.05, 4.69) is 31.3 Å². The van der Waals surface area contributed by atoms with E-state index >= 15 is 0 Å². The Morgan fingerprint density at radius 2 is 0.750 bits per heavy atom. The highest BCUT2D eigenvalue weighted by molar-refractivity contribution is 5.76. The van der Waals surface area contributed by atoms with E-state index in [9.17, 15) is 19.8 Å². The normalized spacial score (nSPS) is 12.8. The van der Waals surface area contributed by atoms with Crippen LogP contribution >= 0.6 is 0 Å². The van der Waals surface area contributed by atoms with Crippen molar-refractivity contribution in [2.24, 2.45) is 0 Å². The number of esters is 1. The van der Waals surface area contributed by atoms with Crippen LogP contribution in [0.4, 0.5) is 0 Å². The zero-order valence-electron chi connectivity index (χ0n) is 43.0. The second kappa shape index (κ2) is 54.0. The van der Waals surface area contributed by atoms with Crippen molar-refractivity contribution in [2.45, 2.75) is 321 Å². The van der Waals surface area contributed by atoms with E-state index in [-0.39, 0.29) is 18.5 Å². The minimum atomic E-state index is -0.876. The predicted octanol–water partition coefficient (Wildman–Crippen LogP) is 17.5. The topological polar surface area (TPSA) is 95.9 Å². The monoisotopic (exact) mass is 902 g/mol. The van der Waals surface area contributed by atoms with Gasteiger partial charge in [0.25, 0.3) is 0 Å². The molecule has 0 spiro atoms. The van der Waals surface area contributed by atoms with Gasteiger partial charge in [0.2, 0.25) is 5.91 Å². The number of aliphatic hydroxyl groups is 2. The van der Waals surface area contributed by atoms with Gasteiger partial charge in [-0.3, -0.25) is 9.59 Å². The van der Waals surface area contributed by atoms with Crippen LogP contribution in [0, 0.1) is 0 Å². The SMILES string of the molecule is CCCCCCCCCCCCCCCCCCCCCCCC/C=C/C(O)C(CO)NC(=O)CCC/C=C\CCCCCCOC(=O)CCCCCCCCCCCCCCCC. The van der Waals surface area contributed by atoms with Crippen molar-refractivity contribution in [3.63, 3.8) is 0 Å². The highest BCUT2D eigenvalue weighted by Crippen LogP contribution is 2.17. The molecule has 0 aliphatic carbocycles. The lowest BCUT2D eigenvalue weighted by Gasteiger charge is -2.19. The average molecular weight is 903 g/mol. The number of nitrogens with one attached hydrogen (secondary N) is 1. The third-order valence-electron chi connectivity index (χ3n) is 13.2. The summed E-state index contributed by atoms with van der Waals surface area (Å²) in [4.78, 5) is 24.5. The van der Waals surface area contributed by atoms with Crippen LogP contribution in [0.2, 0.25) is 0 Å². The molecule has 0 aromatic rings. The van der Waals surface area contributed by atoms with Gasteiger partial charge in [0.05, 0.1) is 25.4 Å². The zero-order valence-corrected chi connectivity index (χ0v) is 43.0. The van der Waals surface area contributed by atoms with Crippen LogP contribution in [0.5, 0.6) is 0 Å². The Kier molecular flexibility index (Phi) is 52.6. The lowest BCUT2D eigenvalue weighted by atomic mass is 10.0. The van der Waals surface area contributed by atoms with Gasteiger partial charge in [0.15, 0.2) is 0 Å². The number of carbonyl (C=O) groups is 2. The first kappa shape index (κ1) is 62.3. The molecule has 0 saturated heterocycles. The third-order valence-corrected chi connectivity index (χ3v) is 13.2. The molecule has 0 rings (SSSR count). The fourth-order valence-corrected chi connectivity index (χ4v) is 8.81. The second-order valence-electron chi connectivity index (χ2n) is 19.6. The molecule has 2 unspecified atom stereocenters. The summed E-state index contributed by atoms with van der Waals surface area (Å²) in [5.74, 6) is -0.160. The van der Waals surface area contributed by atoms with Gasteiger partial charge < -0.3 is 20.3 Å². The van der Waals surface area contributed by atoms with E-state index in [4.69, 9.17) is 4.74 Å². The van der Waals surface area contributed by atoms with E-state index in [1.54, 1.807) is 6.08 Å². The van der Waals surface area contributed by atoms with Gasteiger partial charge in [-0.05, 0) is 51.4 Å². The van der Waals surface area contributed by atoms with Crippen LogP contribution in [0.1, 0.15) is 309 Å². The van der Waals surface area contributed by atoms with Crippen LogP contribution in [-0.4, -0.2) is 47.4 Å². The summed E-state index contributed by atoms with van der Waals surface area (Å²) in [5.41, 5.74) is 0. The number of rotatable bonds is 53. The molecule has 0 bridgehead atoms. The molecule has 64 heavy (non-hydrogen) atoms. The van der Waals surface area contributed by atoms with Gasteiger partial charge in [-0.1, -0.05) is 269 Å². The van der Waals surface area contributed by atoms with Crippen LogP contribution in [0.25, 0.3) is 0 Å². The van der Waals surface area contributed by atoms with Crippen molar-refractivity contribution in [1.82, 2.24) is 5.32 Å². The van der Waals surface area contributed by atoms with E-state index in [1.165, 1.54) is 212 Å². The van der Waals surface area contributed by atoms with Crippen molar-refractivity contribution in [2.75, 3.05) is 13.2 Å². The van der Waals surface area contributed by atoms with Crippen LogP contribution in [0.3, 0.4) is 0 Å². The van der Waals surface area contributed by atoms with Crippen molar-refractivity contribution in [3.05, 3.63) is 24.3 Å². The maximum absolute atomic E-state index is 12.4. The molecule has 6 nitrogen and oxygen atoms in total. The summed E-state index contributed by atoms with van der Waals surface area (Å²) >= 11 is 0. The summed E-state index contributed by atoms with van der Waals surface area (Å²) in [6.45, 7) is 4.83. The third kappa shape index (κ3) is 49.8. The molecule has 0 aliphatic heterocycles. The molecule has 6 heteroatoms. The molecule has 0 saturated carbocycles. The Morgan fingerprint density at radius 3 is 1.14 bits per heavy atom. The number of carbonyl (C=O) groups excluding carboxylic acids is 2. The predicted molar refractivity (Wildman–Crippen MR) is 278 cm³/mol. The molecule has 0 aliphatic rings. The van der Waals surface area contributed by atoms with E-state index in [1.807, 2.05) is 6.08 Å². The molecule has 378 valence electrons. The van der Waals surface area contributed by atoms with Gasteiger partial charge >= 0.3 is 5.97 Å². The summed E-state index contributed by atoms with van der Waals surface area (Å²) in [6, 6.07) is -0.665. The van der Waals surface area contributed by atoms with E-state index in [0.29, 0.717) is 19.4 Å². The second-order valence-corrected chi connectivity index (χ2v) is 19.6. The number of hydrogen-bond donors (Lipinski definition) is 3. The lowest BCUT2D eigenvalue weighted by molar-refractivity contribution is -0.143.